The number of aromatic hydroxyl groups is 1. The minimum Gasteiger partial charge on any atom is -0.508 e. The summed E-state index contributed by atoms with van der Waals surface area (Å²) in [5.41, 5.74) is 3.24. The monoisotopic (exact) mass is 354 g/mol. The third-order valence-electron chi connectivity index (χ3n) is 4.98. The summed E-state index contributed by atoms with van der Waals surface area (Å²) < 4.78 is 5.79. The van der Waals surface area contributed by atoms with E-state index in [2.05, 4.69) is 12.2 Å². The predicted molar refractivity (Wildman–Crippen MR) is 103 cm³/mol. The lowest BCUT2D eigenvalue weighted by molar-refractivity contribution is 0.152. The molecule has 2 aromatic carbocycles. The number of likely N-dealkylation sites (tertiary alicyclic amines) is 1. The van der Waals surface area contributed by atoms with Gasteiger partial charge in [-0.25, -0.2) is 4.79 Å². The van der Waals surface area contributed by atoms with Crippen molar-refractivity contribution >= 4 is 11.7 Å². The van der Waals surface area contributed by atoms with Crippen LogP contribution < -0.4 is 10.1 Å². The number of piperidine rings is 1. The third kappa shape index (κ3) is 4.69. The van der Waals surface area contributed by atoms with Gasteiger partial charge in [0.15, 0.2) is 0 Å². The van der Waals surface area contributed by atoms with Crippen molar-refractivity contribution in [2.75, 3.05) is 25.0 Å². The Morgan fingerprint density at radius 3 is 2.46 bits per heavy atom. The lowest BCUT2D eigenvalue weighted by Gasteiger charge is -2.32. The number of phenols is 1. The van der Waals surface area contributed by atoms with Gasteiger partial charge in [0.25, 0.3) is 0 Å². The molecule has 1 saturated heterocycles. The molecule has 0 radical (unpaired) electrons. The van der Waals surface area contributed by atoms with Crippen LogP contribution in [0.3, 0.4) is 0 Å². The summed E-state index contributed by atoms with van der Waals surface area (Å²) in [4.78, 5) is 14.3. The average molecular weight is 354 g/mol. The van der Waals surface area contributed by atoms with Gasteiger partial charge < -0.3 is 20.1 Å². The summed E-state index contributed by atoms with van der Waals surface area (Å²) in [7, 11) is 0. The molecule has 26 heavy (non-hydrogen) atoms. The molecule has 2 amide bonds. The third-order valence-corrected chi connectivity index (χ3v) is 4.98. The van der Waals surface area contributed by atoms with Gasteiger partial charge in [-0.15, -0.1) is 0 Å². The zero-order chi connectivity index (χ0) is 18.5. The van der Waals surface area contributed by atoms with E-state index in [4.69, 9.17) is 4.74 Å². The minimum absolute atomic E-state index is 0.0360. The molecular weight excluding hydrogens is 328 g/mol. The van der Waals surface area contributed by atoms with Crippen LogP contribution in [-0.4, -0.2) is 35.7 Å². The summed E-state index contributed by atoms with van der Waals surface area (Å²) in [6, 6.07) is 12.7. The maximum atomic E-state index is 12.4. The first kappa shape index (κ1) is 18.1. The standard InChI is InChI=1S/C21H26N2O3/c1-15-3-4-18(13-16(15)2)22-21(25)23-11-9-17(10-12-23)14-26-20-7-5-19(24)6-8-20/h3-8,13,17,24H,9-12,14H2,1-2H3,(H,22,25). The number of carbonyl (C=O) groups is 1. The van der Waals surface area contributed by atoms with Gasteiger partial charge >= 0.3 is 6.03 Å². The molecule has 2 N–H and O–H groups in total. The predicted octanol–water partition coefficient (Wildman–Crippen LogP) is 4.33. The molecule has 0 atom stereocenters. The maximum Gasteiger partial charge on any atom is 0.321 e. The first-order valence-corrected chi connectivity index (χ1v) is 9.06. The van der Waals surface area contributed by atoms with Crippen molar-refractivity contribution in [2.24, 2.45) is 5.92 Å². The number of nitrogens with zero attached hydrogens (tertiary/aromatic N) is 1. The van der Waals surface area contributed by atoms with Crippen molar-refractivity contribution < 1.29 is 14.6 Å². The van der Waals surface area contributed by atoms with Gasteiger partial charge in [0.05, 0.1) is 6.61 Å². The first-order chi connectivity index (χ1) is 12.5. The molecule has 3 rings (SSSR count). The fourth-order valence-corrected chi connectivity index (χ4v) is 3.08. The number of carbonyl (C=O) groups excluding carboxylic acids is 1. The number of aryl methyl sites for hydroxylation is 2. The van der Waals surface area contributed by atoms with Crippen LogP contribution in [0.4, 0.5) is 10.5 Å². The fourth-order valence-electron chi connectivity index (χ4n) is 3.08. The summed E-state index contributed by atoms with van der Waals surface area (Å²) in [5.74, 6) is 1.44. The molecule has 0 saturated carbocycles. The van der Waals surface area contributed by atoms with Crippen LogP contribution in [0.5, 0.6) is 11.5 Å². The highest BCUT2D eigenvalue weighted by atomic mass is 16.5. The second-order valence-electron chi connectivity index (χ2n) is 6.96. The van der Waals surface area contributed by atoms with Crippen LogP contribution in [0.15, 0.2) is 42.5 Å². The van der Waals surface area contributed by atoms with Gasteiger partial charge in [-0.1, -0.05) is 6.07 Å². The van der Waals surface area contributed by atoms with E-state index in [0.717, 1.165) is 37.4 Å². The molecule has 1 heterocycles. The van der Waals surface area contributed by atoms with Crippen LogP contribution in [0.1, 0.15) is 24.0 Å². The van der Waals surface area contributed by atoms with Crippen LogP contribution >= 0.6 is 0 Å². The van der Waals surface area contributed by atoms with Crippen molar-refractivity contribution in [2.45, 2.75) is 26.7 Å². The van der Waals surface area contributed by atoms with E-state index < -0.39 is 0 Å². The molecule has 1 fully saturated rings. The van der Waals surface area contributed by atoms with Crippen molar-refractivity contribution in [3.8, 4) is 11.5 Å². The highest BCUT2D eigenvalue weighted by molar-refractivity contribution is 5.89. The normalized spacial score (nSPS) is 14.9. The SMILES string of the molecule is Cc1ccc(NC(=O)N2CCC(COc3ccc(O)cc3)CC2)cc1C. The van der Waals surface area contributed by atoms with Gasteiger partial charge in [0, 0.05) is 18.8 Å². The lowest BCUT2D eigenvalue weighted by atomic mass is 9.98. The Balaban J connectivity index is 1.44. The van der Waals surface area contributed by atoms with E-state index in [0.29, 0.717) is 12.5 Å². The molecule has 2 aromatic rings. The second kappa shape index (κ2) is 8.13. The van der Waals surface area contributed by atoms with Gasteiger partial charge in [-0.05, 0) is 80.1 Å². The van der Waals surface area contributed by atoms with Crippen LogP contribution in [-0.2, 0) is 0 Å². The Morgan fingerprint density at radius 1 is 1.12 bits per heavy atom. The Hall–Kier alpha value is -2.69. The van der Waals surface area contributed by atoms with Gasteiger partial charge in [0.1, 0.15) is 11.5 Å². The largest absolute Gasteiger partial charge is 0.508 e. The number of ether oxygens (including phenoxy) is 1. The highest BCUT2D eigenvalue weighted by Crippen LogP contribution is 2.22. The molecule has 1 aliphatic heterocycles. The van der Waals surface area contributed by atoms with Crippen molar-refractivity contribution in [1.82, 2.24) is 4.90 Å². The Morgan fingerprint density at radius 2 is 1.81 bits per heavy atom. The number of anilines is 1. The Labute approximate surface area is 154 Å². The fraction of sp³-hybridized carbons (Fsp3) is 0.381. The summed E-state index contributed by atoms with van der Waals surface area (Å²) in [6.07, 6.45) is 1.86. The van der Waals surface area contributed by atoms with E-state index in [1.807, 2.05) is 30.0 Å². The Kier molecular flexibility index (Phi) is 5.66. The van der Waals surface area contributed by atoms with E-state index >= 15 is 0 Å². The number of nitrogens with one attached hydrogen (secondary N) is 1. The number of phenolic OH excluding ortho intramolecular Hbond substituents is 1. The molecule has 0 unspecified atom stereocenters. The minimum atomic E-state index is -0.0360. The lowest BCUT2D eigenvalue weighted by Crippen LogP contribution is -2.42. The van der Waals surface area contributed by atoms with Crippen LogP contribution in [0, 0.1) is 19.8 Å². The number of benzene rings is 2. The van der Waals surface area contributed by atoms with Crippen LogP contribution in [0.2, 0.25) is 0 Å². The first-order valence-electron chi connectivity index (χ1n) is 9.06. The van der Waals surface area contributed by atoms with E-state index in [9.17, 15) is 9.90 Å². The zero-order valence-electron chi connectivity index (χ0n) is 15.4. The zero-order valence-corrected chi connectivity index (χ0v) is 15.4. The van der Waals surface area contributed by atoms with E-state index in [-0.39, 0.29) is 11.8 Å². The van der Waals surface area contributed by atoms with Crippen molar-refractivity contribution in [3.63, 3.8) is 0 Å². The number of amides is 2. The molecule has 0 aliphatic carbocycles. The molecule has 0 spiro atoms. The maximum absolute atomic E-state index is 12.4. The Bertz CT molecular complexity index is 750. The molecule has 138 valence electrons. The quantitative estimate of drug-likeness (QED) is 0.859. The van der Waals surface area contributed by atoms with Crippen molar-refractivity contribution in [3.05, 3.63) is 53.6 Å². The summed E-state index contributed by atoms with van der Waals surface area (Å²) in [5, 5.41) is 12.3. The summed E-state index contributed by atoms with van der Waals surface area (Å²) >= 11 is 0. The number of hydrogen-bond donors (Lipinski definition) is 2. The molecule has 1 aliphatic rings. The summed E-state index contributed by atoms with van der Waals surface area (Å²) in [6.45, 7) is 6.22. The molecule has 5 nitrogen and oxygen atoms in total. The van der Waals surface area contributed by atoms with Gasteiger partial charge in [-0.3, -0.25) is 0 Å². The number of urea groups is 1. The average Bonchev–Trinajstić information content (AvgIpc) is 2.65. The molecule has 5 heteroatoms. The van der Waals surface area contributed by atoms with Crippen molar-refractivity contribution in [1.29, 1.82) is 0 Å². The van der Waals surface area contributed by atoms with E-state index in [1.165, 1.54) is 11.1 Å². The smallest absolute Gasteiger partial charge is 0.321 e. The van der Waals surface area contributed by atoms with Gasteiger partial charge in [-0.2, -0.15) is 0 Å². The number of hydrogen-bond acceptors (Lipinski definition) is 3. The molecular formula is C21H26N2O3. The highest BCUT2D eigenvalue weighted by Gasteiger charge is 2.23. The van der Waals surface area contributed by atoms with Crippen LogP contribution in [0.25, 0.3) is 0 Å². The number of rotatable bonds is 4. The van der Waals surface area contributed by atoms with E-state index in [1.54, 1.807) is 24.3 Å². The topological polar surface area (TPSA) is 61.8 Å². The van der Waals surface area contributed by atoms with Gasteiger partial charge in [0.2, 0.25) is 0 Å². The molecule has 0 bridgehead atoms. The second-order valence-corrected chi connectivity index (χ2v) is 6.96. The molecule has 0 aromatic heterocycles.